The van der Waals surface area contributed by atoms with E-state index in [2.05, 4.69) is 44.0 Å². The average Bonchev–Trinajstić information content (AvgIpc) is 3.11. The molecule has 0 fully saturated rings. The van der Waals surface area contributed by atoms with Crippen LogP contribution in [0.2, 0.25) is 0 Å². The van der Waals surface area contributed by atoms with Crippen molar-refractivity contribution in [2.24, 2.45) is 0 Å². The quantitative estimate of drug-likeness (QED) is 0.334. The average molecular weight is 510 g/mol. The molecule has 0 unspecified atom stereocenters. The number of aryl methyl sites for hydroxylation is 1. The molecule has 1 aliphatic rings. The largest absolute Gasteiger partial charge is 0.272 e. The predicted octanol–water partition coefficient (Wildman–Crippen LogP) is 5.70. The van der Waals surface area contributed by atoms with Crippen LogP contribution in [0.3, 0.4) is 0 Å². The van der Waals surface area contributed by atoms with Gasteiger partial charge in [0.15, 0.2) is 5.16 Å². The molecule has 0 saturated heterocycles. The van der Waals surface area contributed by atoms with Crippen LogP contribution in [0.25, 0.3) is 5.69 Å². The van der Waals surface area contributed by atoms with E-state index in [0.717, 1.165) is 48.3 Å². The number of benzene rings is 2. The summed E-state index contributed by atoms with van der Waals surface area (Å²) >= 11 is 10.1. The minimum atomic E-state index is 0.0399. The molecule has 3 nitrogen and oxygen atoms in total. The van der Waals surface area contributed by atoms with Crippen molar-refractivity contribution in [2.75, 3.05) is 5.75 Å². The van der Waals surface area contributed by atoms with Crippen LogP contribution < -0.4 is 5.56 Å². The summed E-state index contributed by atoms with van der Waals surface area (Å²) in [5.41, 5.74) is 3.02. The van der Waals surface area contributed by atoms with Crippen molar-refractivity contribution in [1.29, 1.82) is 0 Å². The number of halogens is 2. The number of rotatable bonds is 4. The van der Waals surface area contributed by atoms with Crippen molar-refractivity contribution >= 4 is 55.4 Å². The molecule has 0 spiro atoms. The van der Waals surface area contributed by atoms with Crippen molar-refractivity contribution < 1.29 is 0 Å². The summed E-state index contributed by atoms with van der Waals surface area (Å²) in [5.74, 6) is 1.70. The van der Waals surface area contributed by atoms with Crippen molar-refractivity contribution in [1.82, 2.24) is 9.55 Å². The van der Waals surface area contributed by atoms with Crippen LogP contribution in [0.5, 0.6) is 0 Å². The van der Waals surface area contributed by atoms with Gasteiger partial charge < -0.3 is 0 Å². The first-order valence-corrected chi connectivity index (χ1v) is 11.6. The van der Waals surface area contributed by atoms with E-state index in [0.29, 0.717) is 0 Å². The highest BCUT2D eigenvalue weighted by Crippen LogP contribution is 2.31. The number of hydrogen-bond acceptors (Lipinski definition) is 4. The first-order chi connectivity index (χ1) is 12.6. The first kappa shape index (κ1) is 18.3. The lowest BCUT2D eigenvalue weighted by Gasteiger charge is -2.14. The van der Waals surface area contributed by atoms with E-state index in [1.807, 2.05) is 36.4 Å². The van der Waals surface area contributed by atoms with Gasteiger partial charge in [-0.15, -0.1) is 11.8 Å². The third kappa shape index (κ3) is 3.81. The topological polar surface area (TPSA) is 34.9 Å². The van der Waals surface area contributed by atoms with E-state index >= 15 is 0 Å². The highest BCUT2D eigenvalue weighted by Gasteiger charge is 2.22. The van der Waals surface area contributed by atoms with Crippen LogP contribution in [0.4, 0.5) is 0 Å². The smallest absolute Gasteiger partial charge is 0.268 e. The highest BCUT2D eigenvalue weighted by atomic mass is 79.9. The van der Waals surface area contributed by atoms with Crippen LogP contribution in [-0.4, -0.2) is 15.3 Å². The van der Waals surface area contributed by atoms with Crippen LogP contribution in [0, 0.1) is 0 Å². The Kier molecular flexibility index (Phi) is 5.59. The second kappa shape index (κ2) is 7.92. The fraction of sp³-hybridized carbons (Fsp3) is 0.158. The van der Waals surface area contributed by atoms with Gasteiger partial charge in [-0.3, -0.25) is 9.36 Å². The summed E-state index contributed by atoms with van der Waals surface area (Å²) in [6.07, 6.45) is 0.863. The van der Waals surface area contributed by atoms with Gasteiger partial charge in [-0.2, -0.15) is 0 Å². The summed E-state index contributed by atoms with van der Waals surface area (Å²) in [5, 5.41) is 0.751. The number of aromatic nitrogens is 2. The van der Waals surface area contributed by atoms with Gasteiger partial charge in [-0.1, -0.05) is 55.8 Å². The molecule has 3 aromatic rings. The summed E-state index contributed by atoms with van der Waals surface area (Å²) in [6.45, 7) is 0. The van der Waals surface area contributed by atoms with Gasteiger partial charge >= 0.3 is 0 Å². The Bertz CT molecular complexity index is 1000. The van der Waals surface area contributed by atoms with E-state index in [4.69, 9.17) is 4.98 Å². The number of thioether (sulfide) groups is 2. The van der Waals surface area contributed by atoms with Crippen LogP contribution >= 0.6 is 55.4 Å². The zero-order valence-electron chi connectivity index (χ0n) is 13.6. The fourth-order valence-electron chi connectivity index (χ4n) is 2.74. The second-order valence-electron chi connectivity index (χ2n) is 5.80. The maximum atomic E-state index is 13.1. The van der Waals surface area contributed by atoms with Gasteiger partial charge in [0, 0.05) is 26.9 Å². The van der Waals surface area contributed by atoms with E-state index < -0.39 is 0 Å². The summed E-state index contributed by atoms with van der Waals surface area (Å²) < 4.78 is 3.79. The molecular weight excluding hydrogens is 496 g/mol. The lowest BCUT2D eigenvalue weighted by atomic mass is 10.2. The number of hydrogen-bond donors (Lipinski definition) is 0. The van der Waals surface area contributed by atoms with Crippen LogP contribution in [0.1, 0.15) is 11.3 Å². The standard InChI is InChI=1S/C19H14Br2N2OS2/c20-13-3-1-12(2-4-13)11-26-19-22-16-9-10-25-17(16)18(24)23(19)15-7-5-14(21)6-8-15/h1-8H,9-11H2. The third-order valence-corrected chi connectivity index (χ3v) is 7.21. The van der Waals surface area contributed by atoms with E-state index in [1.54, 1.807) is 28.1 Å². The Hall–Kier alpha value is -1.02. The molecule has 0 atom stereocenters. The molecule has 7 heteroatoms. The second-order valence-corrected chi connectivity index (χ2v) is 9.68. The van der Waals surface area contributed by atoms with Crippen molar-refractivity contribution in [3.8, 4) is 5.69 Å². The molecule has 0 aliphatic carbocycles. The van der Waals surface area contributed by atoms with Crippen molar-refractivity contribution in [3.05, 3.63) is 79.1 Å². The molecule has 0 N–H and O–H groups in total. The number of nitrogens with zero attached hydrogens (tertiary/aromatic N) is 2. The fourth-order valence-corrected chi connectivity index (χ4v) is 5.27. The monoisotopic (exact) mass is 508 g/mol. The predicted molar refractivity (Wildman–Crippen MR) is 116 cm³/mol. The Labute approximate surface area is 176 Å². The lowest BCUT2D eigenvalue weighted by molar-refractivity contribution is 0.739. The SMILES string of the molecule is O=c1c2c(nc(SCc3ccc(Br)cc3)n1-c1ccc(Br)cc1)CCS2. The lowest BCUT2D eigenvalue weighted by Crippen LogP contribution is -2.23. The Balaban J connectivity index is 1.75. The van der Waals surface area contributed by atoms with Crippen LogP contribution in [0.15, 0.2) is 72.3 Å². The molecule has 26 heavy (non-hydrogen) atoms. The maximum Gasteiger partial charge on any atom is 0.272 e. The van der Waals surface area contributed by atoms with E-state index in [-0.39, 0.29) is 5.56 Å². The molecule has 2 aromatic carbocycles. The summed E-state index contributed by atoms with van der Waals surface area (Å²) in [6, 6.07) is 16.0. The van der Waals surface area contributed by atoms with Crippen LogP contribution in [-0.2, 0) is 12.2 Å². The van der Waals surface area contributed by atoms with Gasteiger partial charge in [0.05, 0.1) is 16.3 Å². The first-order valence-electron chi connectivity index (χ1n) is 8.04. The van der Waals surface area contributed by atoms with Gasteiger partial charge in [0.1, 0.15) is 0 Å². The summed E-state index contributed by atoms with van der Waals surface area (Å²) in [4.78, 5) is 18.7. The molecule has 1 aliphatic heterocycles. The van der Waals surface area contributed by atoms with Gasteiger partial charge in [-0.05, 0) is 42.0 Å². The Morgan fingerprint density at radius 2 is 1.69 bits per heavy atom. The molecule has 1 aromatic heterocycles. The Morgan fingerprint density at radius 3 is 2.38 bits per heavy atom. The minimum Gasteiger partial charge on any atom is -0.268 e. The molecular formula is C19H14Br2N2OS2. The molecule has 0 radical (unpaired) electrons. The minimum absolute atomic E-state index is 0.0399. The maximum absolute atomic E-state index is 13.1. The van der Waals surface area contributed by atoms with Gasteiger partial charge in [0.2, 0.25) is 0 Å². The normalized spacial score (nSPS) is 13.0. The van der Waals surface area contributed by atoms with Crippen molar-refractivity contribution in [3.63, 3.8) is 0 Å². The van der Waals surface area contributed by atoms with E-state index in [9.17, 15) is 4.79 Å². The Morgan fingerprint density at radius 1 is 1.04 bits per heavy atom. The van der Waals surface area contributed by atoms with Gasteiger partial charge in [0.25, 0.3) is 5.56 Å². The zero-order valence-corrected chi connectivity index (χ0v) is 18.4. The molecule has 4 rings (SSSR count). The molecule has 0 bridgehead atoms. The highest BCUT2D eigenvalue weighted by molar-refractivity contribution is 9.10. The van der Waals surface area contributed by atoms with E-state index in [1.165, 1.54) is 5.56 Å². The molecule has 0 saturated carbocycles. The third-order valence-electron chi connectivity index (χ3n) is 4.03. The molecule has 0 amide bonds. The summed E-state index contributed by atoms with van der Waals surface area (Å²) in [7, 11) is 0. The zero-order chi connectivity index (χ0) is 18.1. The molecule has 132 valence electrons. The van der Waals surface area contributed by atoms with Crippen molar-refractivity contribution in [2.45, 2.75) is 22.2 Å². The van der Waals surface area contributed by atoms with Gasteiger partial charge in [-0.25, -0.2) is 4.98 Å². The molecule has 2 heterocycles. The number of fused-ring (bicyclic) bond motifs is 1.